The molecular formula is C18H18N2O4S. The number of hydrogen-bond donors (Lipinski definition) is 0. The number of methoxy groups -OCH3 is 1. The van der Waals surface area contributed by atoms with Crippen molar-refractivity contribution in [3.8, 4) is 16.3 Å². The van der Waals surface area contributed by atoms with Gasteiger partial charge in [0, 0.05) is 10.9 Å². The van der Waals surface area contributed by atoms with Crippen molar-refractivity contribution in [2.75, 3.05) is 7.11 Å². The van der Waals surface area contributed by atoms with E-state index in [0.29, 0.717) is 29.1 Å². The molecule has 1 aromatic carbocycles. The van der Waals surface area contributed by atoms with Crippen molar-refractivity contribution < 1.29 is 18.8 Å². The third-order valence-electron chi connectivity index (χ3n) is 3.69. The van der Waals surface area contributed by atoms with E-state index in [-0.39, 0.29) is 6.61 Å². The molecule has 2 heterocycles. The Morgan fingerprint density at radius 2 is 2.20 bits per heavy atom. The first-order valence-electron chi connectivity index (χ1n) is 7.83. The van der Waals surface area contributed by atoms with E-state index >= 15 is 0 Å². The van der Waals surface area contributed by atoms with Crippen LogP contribution in [0.15, 0.2) is 34.2 Å². The van der Waals surface area contributed by atoms with Gasteiger partial charge in [-0.15, -0.1) is 11.3 Å². The summed E-state index contributed by atoms with van der Waals surface area (Å²) in [5.74, 6) is 0.805. The molecule has 0 atom stereocenters. The average molecular weight is 358 g/mol. The number of carbonyl (C=O) groups excluding carboxylic acids is 1. The molecule has 0 radical (unpaired) electrons. The molecule has 3 rings (SSSR count). The van der Waals surface area contributed by atoms with Gasteiger partial charge in [-0.25, -0.2) is 9.78 Å². The maximum atomic E-state index is 12.3. The van der Waals surface area contributed by atoms with Crippen LogP contribution in [-0.2, 0) is 17.8 Å². The normalized spacial score (nSPS) is 10.7. The van der Waals surface area contributed by atoms with Crippen molar-refractivity contribution >= 4 is 17.3 Å². The first-order chi connectivity index (χ1) is 12.1. The highest BCUT2D eigenvalue weighted by Crippen LogP contribution is 2.27. The fourth-order valence-corrected chi connectivity index (χ4v) is 3.20. The van der Waals surface area contributed by atoms with Crippen LogP contribution in [0.5, 0.6) is 5.75 Å². The minimum Gasteiger partial charge on any atom is -0.497 e. The monoisotopic (exact) mass is 358 g/mol. The predicted molar refractivity (Wildman–Crippen MR) is 93.8 cm³/mol. The number of carbonyl (C=O) groups is 1. The third kappa shape index (κ3) is 3.71. The lowest BCUT2D eigenvalue weighted by molar-refractivity contribution is 0.0465. The van der Waals surface area contributed by atoms with Crippen molar-refractivity contribution in [1.82, 2.24) is 10.1 Å². The number of ether oxygens (including phenoxy) is 2. The molecule has 130 valence electrons. The van der Waals surface area contributed by atoms with E-state index in [4.69, 9.17) is 14.0 Å². The van der Waals surface area contributed by atoms with Gasteiger partial charge in [0.25, 0.3) is 0 Å². The van der Waals surface area contributed by atoms with Crippen LogP contribution in [0.1, 0.15) is 34.4 Å². The molecule has 0 unspecified atom stereocenters. The molecule has 3 aromatic rings. The topological polar surface area (TPSA) is 74.5 Å². The van der Waals surface area contributed by atoms with Gasteiger partial charge in [0.05, 0.1) is 18.5 Å². The number of hydrogen-bond acceptors (Lipinski definition) is 7. The smallest absolute Gasteiger partial charge is 0.344 e. The molecule has 6 nitrogen and oxygen atoms in total. The molecule has 0 saturated carbocycles. The van der Waals surface area contributed by atoms with Crippen LogP contribution in [0.2, 0.25) is 0 Å². The van der Waals surface area contributed by atoms with Crippen molar-refractivity contribution in [2.45, 2.75) is 26.9 Å². The molecule has 0 saturated heterocycles. The maximum absolute atomic E-state index is 12.3. The second-order valence-corrected chi connectivity index (χ2v) is 6.22. The minimum absolute atomic E-state index is 0.104. The Balaban J connectivity index is 1.69. The van der Waals surface area contributed by atoms with E-state index in [1.807, 2.05) is 36.6 Å². The summed E-state index contributed by atoms with van der Waals surface area (Å²) in [7, 11) is 1.63. The SMILES string of the molecule is CCc1noc(C)c1C(=O)OCc1csc(-c2cccc(OC)c2)n1. The van der Waals surface area contributed by atoms with Crippen LogP contribution in [0.25, 0.3) is 10.6 Å². The largest absolute Gasteiger partial charge is 0.497 e. The Labute approximate surface area is 149 Å². The van der Waals surface area contributed by atoms with Crippen LogP contribution in [0.3, 0.4) is 0 Å². The lowest BCUT2D eigenvalue weighted by Crippen LogP contribution is -2.08. The lowest BCUT2D eigenvalue weighted by Gasteiger charge is -2.03. The average Bonchev–Trinajstić information content (AvgIpc) is 3.26. The number of benzene rings is 1. The van der Waals surface area contributed by atoms with Gasteiger partial charge in [-0.05, 0) is 25.5 Å². The molecule has 0 N–H and O–H groups in total. The summed E-state index contributed by atoms with van der Waals surface area (Å²) in [6.45, 7) is 3.72. The fraction of sp³-hybridized carbons (Fsp3) is 0.278. The molecule has 0 aliphatic carbocycles. The second kappa shape index (κ2) is 7.48. The highest BCUT2D eigenvalue weighted by Gasteiger charge is 2.21. The van der Waals surface area contributed by atoms with Crippen molar-refractivity contribution in [3.05, 3.63) is 52.4 Å². The van der Waals surface area contributed by atoms with Gasteiger partial charge in [0.1, 0.15) is 28.7 Å². The molecule has 25 heavy (non-hydrogen) atoms. The quantitative estimate of drug-likeness (QED) is 0.619. The van der Waals surface area contributed by atoms with Gasteiger partial charge < -0.3 is 14.0 Å². The molecule has 0 aliphatic rings. The summed E-state index contributed by atoms with van der Waals surface area (Å²) in [6, 6.07) is 7.68. The standard InChI is InChI=1S/C18H18N2O4S/c1-4-15-16(11(2)24-20-15)18(21)23-9-13-10-25-17(19-13)12-6-5-7-14(8-12)22-3/h5-8,10H,4,9H2,1-3H3. The molecule has 0 amide bonds. The number of esters is 1. The number of aryl methyl sites for hydroxylation is 2. The summed E-state index contributed by atoms with van der Waals surface area (Å²) in [5, 5.41) is 6.59. The van der Waals surface area contributed by atoms with E-state index in [0.717, 1.165) is 16.3 Å². The van der Waals surface area contributed by atoms with Gasteiger partial charge in [0.15, 0.2) is 0 Å². The fourth-order valence-electron chi connectivity index (χ4n) is 2.39. The molecule has 0 fully saturated rings. The third-order valence-corrected chi connectivity index (χ3v) is 4.63. The van der Waals surface area contributed by atoms with Gasteiger partial charge in [-0.2, -0.15) is 0 Å². The molecular weight excluding hydrogens is 340 g/mol. The zero-order valence-corrected chi connectivity index (χ0v) is 15.1. The Kier molecular flexibility index (Phi) is 5.14. The van der Waals surface area contributed by atoms with Crippen LogP contribution in [-0.4, -0.2) is 23.2 Å². The lowest BCUT2D eigenvalue weighted by atomic mass is 10.1. The number of thiazole rings is 1. The molecule has 0 aliphatic heterocycles. The van der Waals surface area contributed by atoms with Crippen LogP contribution < -0.4 is 4.74 Å². The van der Waals surface area contributed by atoms with Gasteiger partial charge in [-0.1, -0.05) is 24.2 Å². The Morgan fingerprint density at radius 1 is 1.36 bits per heavy atom. The summed E-state index contributed by atoms with van der Waals surface area (Å²) < 4.78 is 15.7. The van der Waals surface area contributed by atoms with Crippen molar-refractivity contribution in [1.29, 1.82) is 0 Å². The first-order valence-corrected chi connectivity index (χ1v) is 8.71. The molecule has 0 bridgehead atoms. The van der Waals surface area contributed by atoms with Crippen molar-refractivity contribution in [3.63, 3.8) is 0 Å². The van der Waals surface area contributed by atoms with E-state index < -0.39 is 5.97 Å². The zero-order valence-electron chi connectivity index (χ0n) is 14.2. The van der Waals surface area contributed by atoms with Gasteiger partial charge in [0.2, 0.25) is 0 Å². The Bertz CT molecular complexity index is 885. The van der Waals surface area contributed by atoms with Crippen LogP contribution in [0, 0.1) is 6.92 Å². The predicted octanol–water partition coefficient (Wildman–Crippen LogP) is 4.03. The maximum Gasteiger partial charge on any atom is 0.344 e. The molecule has 7 heteroatoms. The van der Waals surface area contributed by atoms with Gasteiger partial charge >= 0.3 is 5.97 Å². The molecule has 2 aromatic heterocycles. The zero-order chi connectivity index (χ0) is 17.8. The van der Waals surface area contributed by atoms with E-state index in [2.05, 4.69) is 10.1 Å². The number of aromatic nitrogens is 2. The van der Waals surface area contributed by atoms with E-state index in [1.54, 1.807) is 14.0 Å². The summed E-state index contributed by atoms with van der Waals surface area (Å²) in [4.78, 5) is 16.8. The number of rotatable bonds is 6. The van der Waals surface area contributed by atoms with E-state index in [1.165, 1.54) is 11.3 Å². The highest BCUT2D eigenvalue weighted by molar-refractivity contribution is 7.13. The van der Waals surface area contributed by atoms with E-state index in [9.17, 15) is 4.79 Å². The molecule has 0 spiro atoms. The second-order valence-electron chi connectivity index (χ2n) is 5.37. The van der Waals surface area contributed by atoms with Crippen LogP contribution in [0.4, 0.5) is 0 Å². The first kappa shape index (κ1) is 17.2. The summed E-state index contributed by atoms with van der Waals surface area (Å²) in [6.07, 6.45) is 0.610. The van der Waals surface area contributed by atoms with Crippen molar-refractivity contribution in [2.24, 2.45) is 0 Å². The van der Waals surface area contributed by atoms with Gasteiger partial charge in [-0.3, -0.25) is 0 Å². The number of nitrogens with zero attached hydrogens (tertiary/aromatic N) is 2. The minimum atomic E-state index is -0.438. The summed E-state index contributed by atoms with van der Waals surface area (Å²) in [5.41, 5.74) is 2.68. The Hall–Kier alpha value is -2.67. The van der Waals surface area contributed by atoms with Crippen LogP contribution >= 0.6 is 11.3 Å². The Morgan fingerprint density at radius 3 is 2.96 bits per heavy atom. The summed E-state index contributed by atoms with van der Waals surface area (Å²) >= 11 is 1.49. The highest BCUT2D eigenvalue weighted by atomic mass is 32.1.